The summed E-state index contributed by atoms with van der Waals surface area (Å²) in [5, 5.41) is 4.27. The van der Waals surface area contributed by atoms with E-state index in [1.807, 2.05) is 24.3 Å². The molecule has 2 rings (SSSR count). The van der Waals surface area contributed by atoms with Crippen LogP contribution in [0.1, 0.15) is 33.3 Å². The second-order valence-corrected chi connectivity index (χ2v) is 7.59. The van der Waals surface area contributed by atoms with Crippen LogP contribution in [0.2, 0.25) is 0 Å². The molecule has 0 saturated heterocycles. The average Bonchev–Trinajstić information content (AvgIpc) is 2.88. The number of nitrogens with one attached hydrogen (secondary N) is 1. The van der Waals surface area contributed by atoms with Gasteiger partial charge in [-0.2, -0.15) is 5.10 Å². The predicted molar refractivity (Wildman–Crippen MR) is 83.1 cm³/mol. The van der Waals surface area contributed by atoms with Crippen LogP contribution in [0.4, 0.5) is 0 Å². The summed E-state index contributed by atoms with van der Waals surface area (Å²) in [5.74, 6) is 0. The summed E-state index contributed by atoms with van der Waals surface area (Å²) in [4.78, 5) is 0. The first kappa shape index (κ1) is 15.7. The van der Waals surface area contributed by atoms with E-state index in [9.17, 15) is 8.42 Å². The third kappa shape index (κ3) is 3.33. The number of nitrogens with zero attached hydrogens (tertiary/aromatic N) is 2. The van der Waals surface area contributed by atoms with E-state index < -0.39 is 10.0 Å². The van der Waals surface area contributed by atoms with E-state index in [0.717, 1.165) is 5.69 Å². The Balaban J connectivity index is 2.43. The van der Waals surface area contributed by atoms with Gasteiger partial charge >= 0.3 is 0 Å². The Labute approximate surface area is 126 Å². The zero-order chi connectivity index (χ0) is 15.7. The van der Waals surface area contributed by atoms with Gasteiger partial charge in [-0.3, -0.25) is 0 Å². The van der Waals surface area contributed by atoms with Gasteiger partial charge in [-0.05, 0) is 29.2 Å². The Morgan fingerprint density at radius 3 is 2.29 bits per heavy atom. The van der Waals surface area contributed by atoms with Gasteiger partial charge in [-0.25, -0.2) is 17.8 Å². The van der Waals surface area contributed by atoms with Gasteiger partial charge < -0.3 is 0 Å². The molecule has 0 bridgehead atoms. The first-order valence-corrected chi connectivity index (χ1v) is 8.38. The van der Waals surface area contributed by atoms with Gasteiger partial charge in [0.05, 0.1) is 11.9 Å². The topological polar surface area (TPSA) is 64.0 Å². The Morgan fingerprint density at radius 2 is 1.76 bits per heavy atom. The minimum absolute atomic E-state index is 0.0569. The molecule has 0 saturated carbocycles. The average molecular weight is 307 g/mol. The van der Waals surface area contributed by atoms with E-state index in [1.54, 1.807) is 6.92 Å². The van der Waals surface area contributed by atoms with Crippen molar-refractivity contribution in [1.29, 1.82) is 0 Å². The van der Waals surface area contributed by atoms with Crippen LogP contribution in [-0.4, -0.2) is 24.7 Å². The zero-order valence-electron chi connectivity index (χ0n) is 12.8. The van der Waals surface area contributed by atoms with E-state index >= 15 is 0 Å². The largest absolute Gasteiger partial charge is 0.258 e. The number of hydrogen-bond donors (Lipinski definition) is 1. The first-order valence-electron chi connectivity index (χ1n) is 6.90. The number of hydrogen-bond acceptors (Lipinski definition) is 3. The Morgan fingerprint density at radius 1 is 1.14 bits per heavy atom. The maximum absolute atomic E-state index is 12.1. The quantitative estimate of drug-likeness (QED) is 0.943. The molecule has 2 aromatic rings. The molecule has 21 heavy (non-hydrogen) atoms. The molecule has 0 aliphatic heterocycles. The molecule has 0 spiro atoms. The standard InChI is InChI=1S/C15H21N3O2S/c1-5-17-21(19,20)14-10-11-16-18(14)13-8-6-12(7-9-13)15(2,3)4/h6-11,17H,5H2,1-4H3. The molecule has 0 aliphatic carbocycles. The molecule has 1 aromatic heterocycles. The van der Waals surface area contributed by atoms with E-state index in [4.69, 9.17) is 0 Å². The van der Waals surface area contributed by atoms with E-state index in [0.29, 0.717) is 6.54 Å². The maximum atomic E-state index is 12.1. The summed E-state index contributed by atoms with van der Waals surface area (Å²) in [6.45, 7) is 8.50. The monoisotopic (exact) mass is 307 g/mol. The number of benzene rings is 1. The van der Waals surface area contributed by atoms with Crippen LogP contribution in [0.25, 0.3) is 5.69 Å². The molecule has 1 aromatic carbocycles. The molecular weight excluding hydrogens is 286 g/mol. The van der Waals surface area contributed by atoms with Crippen LogP contribution < -0.4 is 4.72 Å². The minimum Gasteiger partial charge on any atom is -0.221 e. The van der Waals surface area contributed by atoms with Gasteiger partial charge in [-0.1, -0.05) is 39.8 Å². The summed E-state index contributed by atoms with van der Waals surface area (Å²) >= 11 is 0. The Hall–Kier alpha value is -1.66. The number of aromatic nitrogens is 2. The minimum atomic E-state index is -3.53. The second-order valence-electron chi connectivity index (χ2n) is 5.88. The van der Waals surface area contributed by atoms with Crippen molar-refractivity contribution in [3.05, 3.63) is 42.1 Å². The van der Waals surface area contributed by atoms with Gasteiger partial charge in [0.25, 0.3) is 10.0 Å². The molecule has 114 valence electrons. The van der Waals surface area contributed by atoms with Crippen molar-refractivity contribution in [1.82, 2.24) is 14.5 Å². The summed E-state index contributed by atoms with van der Waals surface area (Å²) < 4.78 is 28.2. The highest BCUT2D eigenvalue weighted by atomic mass is 32.2. The lowest BCUT2D eigenvalue weighted by Gasteiger charge is -2.19. The maximum Gasteiger partial charge on any atom is 0.258 e. The molecule has 6 heteroatoms. The summed E-state index contributed by atoms with van der Waals surface area (Å²) in [7, 11) is -3.53. The van der Waals surface area contributed by atoms with Crippen molar-refractivity contribution in [2.24, 2.45) is 0 Å². The molecule has 0 aliphatic rings. The van der Waals surface area contributed by atoms with Crippen molar-refractivity contribution in [2.45, 2.75) is 38.1 Å². The molecule has 5 nitrogen and oxygen atoms in total. The molecule has 0 radical (unpaired) electrons. The number of rotatable bonds is 4. The Bertz CT molecular complexity index is 710. The second kappa shape index (κ2) is 5.61. The van der Waals surface area contributed by atoms with Crippen LogP contribution >= 0.6 is 0 Å². The highest BCUT2D eigenvalue weighted by Gasteiger charge is 2.20. The molecule has 0 amide bonds. The van der Waals surface area contributed by atoms with Crippen LogP contribution in [0.5, 0.6) is 0 Å². The van der Waals surface area contributed by atoms with Gasteiger partial charge in [0, 0.05) is 6.54 Å². The molecule has 0 atom stereocenters. The zero-order valence-corrected chi connectivity index (χ0v) is 13.6. The van der Waals surface area contributed by atoms with Crippen molar-refractivity contribution >= 4 is 10.0 Å². The van der Waals surface area contributed by atoms with Crippen LogP contribution in [0.15, 0.2) is 41.6 Å². The lowest BCUT2D eigenvalue weighted by Crippen LogP contribution is -2.25. The number of sulfonamides is 1. The van der Waals surface area contributed by atoms with E-state index in [-0.39, 0.29) is 10.4 Å². The Kier molecular flexibility index (Phi) is 4.20. The lowest BCUT2D eigenvalue weighted by atomic mass is 9.87. The molecule has 1 N–H and O–H groups in total. The first-order chi connectivity index (χ1) is 9.75. The molecule has 0 unspecified atom stereocenters. The van der Waals surface area contributed by atoms with Gasteiger partial charge in [0.15, 0.2) is 5.03 Å². The van der Waals surface area contributed by atoms with E-state index in [1.165, 1.54) is 22.5 Å². The smallest absolute Gasteiger partial charge is 0.221 e. The third-order valence-corrected chi connectivity index (χ3v) is 4.72. The predicted octanol–water partition coefficient (Wildman–Crippen LogP) is 2.47. The molecule has 1 heterocycles. The SMILES string of the molecule is CCNS(=O)(=O)c1ccnn1-c1ccc(C(C)(C)C)cc1. The van der Waals surface area contributed by atoms with Crippen molar-refractivity contribution in [3.8, 4) is 5.69 Å². The van der Waals surface area contributed by atoms with Crippen LogP contribution in [0, 0.1) is 0 Å². The van der Waals surface area contributed by atoms with Crippen LogP contribution in [-0.2, 0) is 15.4 Å². The third-order valence-electron chi connectivity index (χ3n) is 3.20. The fourth-order valence-corrected chi connectivity index (χ4v) is 3.20. The molecule has 0 fully saturated rings. The summed E-state index contributed by atoms with van der Waals surface area (Å²) in [6.07, 6.45) is 1.49. The van der Waals surface area contributed by atoms with Gasteiger partial charge in [-0.15, -0.1) is 0 Å². The van der Waals surface area contributed by atoms with Gasteiger partial charge in [0.2, 0.25) is 0 Å². The molecular formula is C15H21N3O2S. The normalized spacial score (nSPS) is 12.6. The highest BCUT2D eigenvalue weighted by molar-refractivity contribution is 7.89. The van der Waals surface area contributed by atoms with Crippen molar-refractivity contribution in [2.75, 3.05) is 6.54 Å². The van der Waals surface area contributed by atoms with Crippen LogP contribution in [0.3, 0.4) is 0 Å². The fourth-order valence-electron chi connectivity index (χ4n) is 2.06. The lowest BCUT2D eigenvalue weighted by molar-refractivity contribution is 0.573. The highest BCUT2D eigenvalue weighted by Crippen LogP contribution is 2.24. The van der Waals surface area contributed by atoms with Gasteiger partial charge in [0.1, 0.15) is 0 Å². The van der Waals surface area contributed by atoms with Crippen molar-refractivity contribution < 1.29 is 8.42 Å². The summed E-state index contributed by atoms with van der Waals surface area (Å²) in [6, 6.07) is 9.27. The summed E-state index contributed by atoms with van der Waals surface area (Å²) in [5.41, 5.74) is 1.97. The fraction of sp³-hybridized carbons (Fsp3) is 0.400. The van der Waals surface area contributed by atoms with Crippen molar-refractivity contribution in [3.63, 3.8) is 0 Å². The van der Waals surface area contributed by atoms with E-state index in [2.05, 4.69) is 30.6 Å².